The topological polar surface area (TPSA) is 52.6 Å². The van der Waals surface area contributed by atoms with Crippen LogP contribution in [0, 0.1) is 0 Å². The van der Waals surface area contributed by atoms with Crippen LogP contribution in [0.15, 0.2) is 0 Å². The molecular weight excluding hydrogens is 390 g/mol. The first kappa shape index (κ1) is 22.4. The van der Waals surface area contributed by atoms with Crippen molar-refractivity contribution in [3.05, 3.63) is 0 Å². The van der Waals surface area contributed by atoms with Crippen LogP contribution in [0.25, 0.3) is 0 Å². The summed E-state index contributed by atoms with van der Waals surface area (Å²) >= 11 is 0. The highest BCUT2D eigenvalue weighted by Gasteiger charge is 2.32. The van der Waals surface area contributed by atoms with Crippen molar-refractivity contribution in [2.45, 2.75) is 39.5 Å². The first-order valence-electron chi connectivity index (χ1n) is 7.02. The van der Waals surface area contributed by atoms with Gasteiger partial charge in [-0.15, -0.1) is 0 Å². The fourth-order valence-corrected chi connectivity index (χ4v) is 5.88. The molecule has 0 aliphatic rings. The van der Waals surface area contributed by atoms with E-state index in [1.54, 1.807) is 0 Å². The van der Waals surface area contributed by atoms with Crippen molar-refractivity contribution >= 4 is 19.2 Å². The van der Waals surface area contributed by atoms with E-state index < -0.39 is 7.26 Å². The van der Waals surface area contributed by atoms with Crippen molar-refractivity contribution in [2.24, 2.45) is 0 Å². The van der Waals surface area contributed by atoms with Gasteiger partial charge in [0, 0.05) is 20.1 Å². The summed E-state index contributed by atoms with van der Waals surface area (Å²) in [5, 5.41) is 0. The third-order valence-electron chi connectivity index (χ3n) is 3.82. The lowest BCUT2D eigenvalue weighted by atomic mass is 10.3. The van der Waals surface area contributed by atoms with Gasteiger partial charge in [-0.05, 0) is 26.7 Å². The Kier molecular flexibility index (Phi) is 14.3. The number of esters is 2. The van der Waals surface area contributed by atoms with Gasteiger partial charge >= 0.3 is 11.9 Å². The summed E-state index contributed by atoms with van der Waals surface area (Å²) < 4.78 is 9.34. The van der Waals surface area contributed by atoms with Crippen LogP contribution in [-0.2, 0) is 19.1 Å². The Morgan fingerprint density at radius 1 is 0.850 bits per heavy atom. The summed E-state index contributed by atoms with van der Waals surface area (Å²) in [7, 11) is 1.86. The van der Waals surface area contributed by atoms with Crippen molar-refractivity contribution in [1.29, 1.82) is 0 Å². The normalized spacial score (nSPS) is 10.6. The third kappa shape index (κ3) is 9.11. The van der Waals surface area contributed by atoms with E-state index in [1.807, 2.05) is 0 Å². The molecule has 0 N–H and O–H groups in total. The summed E-state index contributed by atoms with van der Waals surface area (Å²) in [4.78, 5) is 22.3. The highest BCUT2D eigenvalue weighted by Crippen LogP contribution is 2.59. The molecule has 0 aromatic carbocycles. The van der Waals surface area contributed by atoms with Crippen LogP contribution in [0.5, 0.6) is 0 Å². The van der Waals surface area contributed by atoms with Crippen molar-refractivity contribution < 1.29 is 43.0 Å². The quantitative estimate of drug-likeness (QED) is 0.284. The van der Waals surface area contributed by atoms with Crippen LogP contribution >= 0.6 is 7.26 Å². The highest BCUT2D eigenvalue weighted by molar-refractivity contribution is 7.75. The smallest absolute Gasteiger partial charge is 0.305 e. The second-order valence-electron chi connectivity index (χ2n) is 4.78. The lowest BCUT2D eigenvalue weighted by Crippen LogP contribution is -3.00. The predicted molar refractivity (Wildman–Crippen MR) is 80.2 cm³/mol. The molecule has 0 fully saturated rings. The number of rotatable bonds is 10. The zero-order valence-electron chi connectivity index (χ0n) is 13.1. The first-order valence-corrected chi connectivity index (χ1v) is 9.55. The van der Waals surface area contributed by atoms with Crippen LogP contribution in [0.1, 0.15) is 39.5 Å². The Hall–Kier alpha value is 0.1000. The maximum Gasteiger partial charge on any atom is 0.305 e. The minimum atomic E-state index is -1.01. The molecule has 4 nitrogen and oxygen atoms in total. The van der Waals surface area contributed by atoms with Crippen LogP contribution in [0.2, 0.25) is 0 Å². The van der Waals surface area contributed by atoms with Gasteiger partial charge < -0.3 is 33.5 Å². The summed E-state index contributed by atoms with van der Waals surface area (Å²) in [6.07, 6.45) is 7.44. The second kappa shape index (κ2) is 12.8. The number of carbonyl (C=O) groups is 2. The lowest BCUT2D eigenvalue weighted by Gasteiger charge is -2.25. The van der Waals surface area contributed by atoms with Gasteiger partial charge in [-0.1, -0.05) is 0 Å². The van der Waals surface area contributed by atoms with Crippen LogP contribution in [0.3, 0.4) is 0 Å². The van der Waals surface area contributed by atoms with Crippen LogP contribution < -0.4 is 24.0 Å². The maximum atomic E-state index is 11.1. The van der Waals surface area contributed by atoms with E-state index in [-0.39, 0.29) is 35.9 Å². The van der Waals surface area contributed by atoms with Crippen molar-refractivity contribution in [3.63, 3.8) is 0 Å². The molecule has 120 valence electrons. The zero-order chi connectivity index (χ0) is 14.7. The Morgan fingerprint density at radius 2 is 1.20 bits per heavy atom. The Labute approximate surface area is 140 Å². The fraction of sp³-hybridized carbons (Fsp3) is 0.857. The summed E-state index contributed by atoms with van der Waals surface area (Å²) in [5.74, 6) is -0.250. The average molecular weight is 418 g/mol. The number of hydrogen-bond acceptors (Lipinski definition) is 4. The second-order valence-corrected chi connectivity index (χ2v) is 9.62. The zero-order valence-corrected chi connectivity index (χ0v) is 16.2. The number of halogens is 1. The van der Waals surface area contributed by atoms with Gasteiger partial charge in [0.05, 0.1) is 38.9 Å². The molecule has 6 heteroatoms. The van der Waals surface area contributed by atoms with E-state index in [0.29, 0.717) is 12.8 Å². The van der Waals surface area contributed by atoms with E-state index in [2.05, 4.69) is 23.3 Å². The van der Waals surface area contributed by atoms with E-state index in [0.717, 1.165) is 25.2 Å². The standard InChI is InChI=1S/C14H28O4P.HI/c1-5-19(6-2,11-7-9-13(15)17-3)12-8-10-14(16)18-4;/h5-12H2,1-4H3;1H/q+1;/p-1. The molecule has 0 rings (SSSR count). The van der Waals surface area contributed by atoms with Gasteiger partial charge in [-0.25, -0.2) is 0 Å². The molecule has 0 heterocycles. The van der Waals surface area contributed by atoms with Gasteiger partial charge in [-0.2, -0.15) is 0 Å². The molecule has 0 radical (unpaired) electrons. The Morgan fingerprint density at radius 3 is 1.45 bits per heavy atom. The van der Waals surface area contributed by atoms with Crippen molar-refractivity contribution in [2.75, 3.05) is 38.9 Å². The maximum absolute atomic E-state index is 11.1. The van der Waals surface area contributed by atoms with Gasteiger partial charge in [0.25, 0.3) is 0 Å². The van der Waals surface area contributed by atoms with Gasteiger partial charge in [0.1, 0.15) is 0 Å². The summed E-state index contributed by atoms with van der Waals surface area (Å²) in [6, 6.07) is 0. The molecule has 0 amide bonds. The third-order valence-corrected chi connectivity index (χ3v) is 9.04. The van der Waals surface area contributed by atoms with E-state index in [9.17, 15) is 9.59 Å². The highest BCUT2D eigenvalue weighted by atomic mass is 127. The molecule has 0 bridgehead atoms. The van der Waals surface area contributed by atoms with Gasteiger partial charge in [0.15, 0.2) is 0 Å². The van der Waals surface area contributed by atoms with E-state index >= 15 is 0 Å². The molecule has 0 spiro atoms. The minimum absolute atomic E-state index is 0. The summed E-state index contributed by atoms with van der Waals surface area (Å²) in [6.45, 7) is 4.46. The van der Waals surface area contributed by atoms with Crippen LogP contribution in [0.4, 0.5) is 0 Å². The first-order chi connectivity index (χ1) is 9.03. The molecule has 0 aromatic rings. The molecule has 0 aliphatic carbocycles. The Balaban J connectivity index is 0. The molecule has 0 unspecified atom stereocenters. The number of ether oxygens (including phenoxy) is 2. The molecule has 0 aromatic heterocycles. The van der Waals surface area contributed by atoms with Gasteiger partial charge in [-0.3, -0.25) is 9.59 Å². The Bertz CT molecular complexity index is 256. The number of carbonyl (C=O) groups excluding carboxylic acids is 2. The van der Waals surface area contributed by atoms with E-state index in [4.69, 9.17) is 0 Å². The van der Waals surface area contributed by atoms with Crippen molar-refractivity contribution in [1.82, 2.24) is 0 Å². The number of hydrogen-bond donors (Lipinski definition) is 0. The average Bonchev–Trinajstić information content (AvgIpc) is 2.45. The predicted octanol–water partition coefficient (Wildman–Crippen LogP) is -0.0458. The molecule has 0 saturated heterocycles. The molecular formula is C14H28IO4P. The SMILES string of the molecule is CC[P+](CC)(CCCC(=O)OC)CCCC(=O)OC.[I-]. The van der Waals surface area contributed by atoms with Crippen LogP contribution in [-0.4, -0.2) is 50.8 Å². The number of methoxy groups -OCH3 is 2. The van der Waals surface area contributed by atoms with E-state index in [1.165, 1.54) is 26.5 Å². The lowest BCUT2D eigenvalue weighted by molar-refractivity contribution is -0.141. The largest absolute Gasteiger partial charge is 1.00 e. The summed E-state index contributed by atoms with van der Waals surface area (Å²) in [5.41, 5.74) is 0. The molecule has 0 aliphatic heterocycles. The molecule has 20 heavy (non-hydrogen) atoms. The fourth-order valence-electron chi connectivity index (χ4n) is 2.29. The molecule has 0 saturated carbocycles. The minimum Gasteiger partial charge on any atom is -1.00 e. The van der Waals surface area contributed by atoms with Crippen molar-refractivity contribution in [3.8, 4) is 0 Å². The monoisotopic (exact) mass is 418 g/mol. The van der Waals surface area contributed by atoms with Gasteiger partial charge in [0.2, 0.25) is 0 Å². The molecule has 0 atom stereocenters.